The van der Waals surface area contributed by atoms with Crippen LogP contribution in [0, 0.1) is 5.41 Å². The number of hydrogen-bond acceptors (Lipinski definition) is 4. The molecule has 0 amide bonds. The zero-order valence-corrected chi connectivity index (χ0v) is 9.41. The summed E-state index contributed by atoms with van der Waals surface area (Å²) in [6, 6.07) is 0. The SMILES string of the molecule is CC(C)(C)C(=O)OC(CSO)C(F)(F)F. The Morgan fingerprint density at radius 2 is 1.87 bits per heavy atom. The van der Waals surface area contributed by atoms with Gasteiger partial charge < -0.3 is 9.29 Å². The van der Waals surface area contributed by atoms with Crippen LogP contribution in [0.25, 0.3) is 0 Å². The first kappa shape index (κ1) is 14.6. The van der Waals surface area contributed by atoms with E-state index in [0.29, 0.717) is 0 Å². The molecule has 0 aromatic carbocycles. The number of hydrogen-bond donors (Lipinski definition) is 1. The van der Waals surface area contributed by atoms with Crippen molar-refractivity contribution in [2.45, 2.75) is 33.1 Å². The minimum Gasteiger partial charge on any atom is -0.451 e. The van der Waals surface area contributed by atoms with Gasteiger partial charge in [-0.15, -0.1) is 0 Å². The van der Waals surface area contributed by atoms with Crippen LogP contribution in [-0.4, -0.2) is 28.6 Å². The Hall–Kier alpha value is -0.430. The molecule has 0 aliphatic carbocycles. The van der Waals surface area contributed by atoms with Crippen molar-refractivity contribution < 1.29 is 27.3 Å². The molecule has 1 atom stereocenters. The van der Waals surface area contributed by atoms with E-state index in [1.54, 1.807) is 0 Å². The molecule has 3 nitrogen and oxygen atoms in total. The van der Waals surface area contributed by atoms with Gasteiger partial charge in [-0.3, -0.25) is 4.79 Å². The molecule has 0 rings (SSSR count). The standard InChI is InChI=1S/C8H13F3O3S/c1-7(2,3)6(12)14-5(4-15-13)8(9,10)11/h5,13H,4H2,1-3H3. The molecule has 0 radical (unpaired) electrons. The highest BCUT2D eigenvalue weighted by Crippen LogP contribution is 2.27. The monoisotopic (exact) mass is 246 g/mol. The van der Waals surface area contributed by atoms with E-state index < -0.39 is 29.4 Å². The van der Waals surface area contributed by atoms with E-state index in [4.69, 9.17) is 4.55 Å². The van der Waals surface area contributed by atoms with E-state index >= 15 is 0 Å². The predicted molar refractivity (Wildman–Crippen MR) is 50.5 cm³/mol. The van der Waals surface area contributed by atoms with Gasteiger partial charge in [-0.25, -0.2) is 0 Å². The highest BCUT2D eigenvalue weighted by Gasteiger charge is 2.44. The van der Waals surface area contributed by atoms with Crippen molar-refractivity contribution in [1.82, 2.24) is 0 Å². The average molecular weight is 246 g/mol. The van der Waals surface area contributed by atoms with Gasteiger partial charge in [0, 0.05) is 0 Å². The number of carbonyl (C=O) groups is 1. The normalized spacial score (nSPS) is 14.9. The molecule has 0 spiro atoms. The summed E-state index contributed by atoms with van der Waals surface area (Å²) in [5.74, 6) is -1.66. The third kappa shape index (κ3) is 5.27. The van der Waals surface area contributed by atoms with Gasteiger partial charge in [-0.1, -0.05) is 0 Å². The third-order valence-electron chi connectivity index (χ3n) is 1.45. The summed E-state index contributed by atoms with van der Waals surface area (Å²) < 4.78 is 49.4. The van der Waals surface area contributed by atoms with Crippen LogP contribution in [-0.2, 0) is 9.53 Å². The zero-order chi connectivity index (χ0) is 12.3. The van der Waals surface area contributed by atoms with Gasteiger partial charge in [0.2, 0.25) is 6.10 Å². The van der Waals surface area contributed by atoms with E-state index in [1.165, 1.54) is 20.8 Å². The average Bonchev–Trinajstić information content (AvgIpc) is 1.99. The number of halogens is 3. The Labute approximate surface area is 90.2 Å². The van der Waals surface area contributed by atoms with Gasteiger partial charge in [-0.05, 0) is 32.8 Å². The second-order valence-corrected chi connectivity index (χ2v) is 4.57. The Balaban J connectivity index is 4.50. The van der Waals surface area contributed by atoms with Crippen molar-refractivity contribution in [2.75, 3.05) is 5.75 Å². The number of rotatable bonds is 3. The fourth-order valence-corrected chi connectivity index (χ4v) is 0.961. The Kier molecular flexibility index (Phi) is 4.92. The summed E-state index contributed by atoms with van der Waals surface area (Å²) in [6.07, 6.45) is -6.92. The van der Waals surface area contributed by atoms with Crippen LogP contribution in [0.5, 0.6) is 0 Å². The minimum absolute atomic E-state index is 0.00801. The first-order valence-corrected chi connectivity index (χ1v) is 5.07. The Morgan fingerprint density at radius 3 is 2.13 bits per heavy atom. The lowest BCUT2D eigenvalue weighted by Gasteiger charge is -2.24. The molecule has 0 bridgehead atoms. The van der Waals surface area contributed by atoms with Crippen LogP contribution in [0.4, 0.5) is 13.2 Å². The summed E-state index contributed by atoms with van der Waals surface area (Å²) in [5, 5.41) is 0. The Morgan fingerprint density at radius 1 is 1.40 bits per heavy atom. The second-order valence-electron chi connectivity index (χ2n) is 3.98. The summed E-state index contributed by atoms with van der Waals surface area (Å²) in [5.41, 5.74) is -0.996. The number of ether oxygens (including phenoxy) is 1. The van der Waals surface area contributed by atoms with E-state index in [-0.39, 0.29) is 12.0 Å². The zero-order valence-electron chi connectivity index (χ0n) is 8.59. The topological polar surface area (TPSA) is 46.5 Å². The summed E-state index contributed by atoms with van der Waals surface area (Å²) in [7, 11) is 0. The molecule has 1 unspecified atom stereocenters. The highest BCUT2D eigenvalue weighted by atomic mass is 32.2. The lowest BCUT2D eigenvalue weighted by molar-refractivity contribution is -0.219. The molecule has 90 valence electrons. The number of alkyl halides is 3. The first-order valence-electron chi connectivity index (χ1n) is 4.13. The van der Waals surface area contributed by atoms with Gasteiger partial charge in [0.1, 0.15) is 0 Å². The van der Waals surface area contributed by atoms with E-state index in [0.717, 1.165) is 0 Å². The maximum Gasteiger partial charge on any atom is 0.426 e. The maximum absolute atomic E-state index is 12.3. The molecule has 0 heterocycles. The van der Waals surface area contributed by atoms with Gasteiger partial charge in [0.25, 0.3) is 0 Å². The third-order valence-corrected chi connectivity index (χ3v) is 1.90. The van der Waals surface area contributed by atoms with Gasteiger partial charge >= 0.3 is 12.1 Å². The fraction of sp³-hybridized carbons (Fsp3) is 0.875. The molecule has 0 aliphatic heterocycles. The molecule has 0 aromatic rings. The van der Waals surface area contributed by atoms with Crippen LogP contribution < -0.4 is 0 Å². The molecule has 0 saturated carbocycles. The molecule has 7 heteroatoms. The van der Waals surface area contributed by atoms with Crippen molar-refractivity contribution >= 4 is 18.0 Å². The van der Waals surface area contributed by atoms with Crippen molar-refractivity contribution in [3.05, 3.63) is 0 Å². The van der Waals surface area contributed by atoms with Gasteiger partial charge in [-0.2, -0.15) is 13.2 Å². The molecule has 0 aliphatic rings. The quantitative estimate of drug-likeness (QED) is 0.614. The van der Waals surface area contributed by atoms with Crippen LogP contribution in [0.1, 0.15) is 20.8 Å². The van der Waals surface area contributed by atoms with Crippen LogP contribution in [0.3, 0.4) is 0 Å². The lowest BCUT2D eigenvalue weighted by atomic mass is 9.97. The number of carbonyl (C=O) groups excluding carboxylic acids is 1. The summed E-state index contributed by atoms with van der Waals surface area (Å²) in [4.78, 5) is 11.2. The van der Waals surface area contributed by atoms with Crippen molar-refractivity contribution in [3.63, 3.8) is 0 Å². The van der Waals surface area contributed by atoms with Crippen molar-refractivity contribution in [2.24, 2.45) is 5.41 Å². The first-order chi connectivity index (χ1) is 6.59. The van der Waals surface area contributed by atoms with Crippen molar-refractivity contribution in [3.8, 4) is 0 Å². The smallest absolute Gasteiger partial charge is 0.426 e. The molecule has 0 fully saturated rings. The van der Waals surface area contributed by atoms with E-state index in [2.05, 4.69) is 4.74 Å². The number of esters is 1. The maximum atomic E-state index is 12.3. The van der Waals surface area contributed by atoms with Crippen LogP contribution in [0.2, 0.25) is 0 Å². The van der Waals surface area contributed by atoms with Crippen LogP contribution >= 0.6 is 12.0 Å². The van der Waals surface area contributed by atoms with Crippen LogP contribution in [0.15, 0.2) is 0 Å². The fourth-order valence-electron chi connectivity index (χ4n) is 0.569. The lowest BCUT2D eigenvalue weighted by Crippen LogP contribution is -2.39. The molecule has 0 saturated heterocycles. The molecular formula is C8H13F3O3S. The second kappa shape index (κ2) is 5.07. The summed E-state index contributed by atoms with van der Waals surface area (Å²) >= 11 is -0.00801. The minimum atomic E-state index is -4.66. The van der Waals surface area contributed by atoms with E-state index in [9.17, 15) is 18.0 Å². The largest absolute Gasteiger partial charge is 0.451 e. The molecule has 15 heavy (non-hydrogen) atoms. The van der Waals surface area contributed by atoms with Gasteiger partial charge in [0.15, 0.2) is 0 Å². The molecule has 0 aromatic heterocycles. The molecular weight excluding hydrogens is 233 g/mol. The van der Waals surface area contributed by atoms with E-state index in [1.807, 2.05) is 0 Å². The Bertz CT molecular complexity index is 222. The van der Waals surface area contributed by atoms with Crippen molar-refractivity contribution in [1.29, 1.82) is 0 Å². The predicted octanol–water partition coefficient (Wildman–Crippen LogP) is 2.71. The summed E-state index contributed by atoms with van der Waals surface area (Å²) in [6.45, 7) is 4.36. The highest BCUT2D eigenvalue weighted by molar-refractivity contribution is 7.93. The molecule has 1 N–H and O–H groups in total. The van der Waals surface area contributed by atoms with Gasteiger partial charge in [0.05, 0.1) is 11.2 Å².